The molecule has 1 aliphatic heterocycles. The van der Waals surface area contributed by atoms with Crippen molar-refractivity contribution in [3.63, 3.8) is 0 Å². The summed E-state index contributed by atoms with van der Waals surface area (Å²) in [6, 6.07) is 15.3. The molecule has 2 aromatic carbocycles. The molecule has 1 amide bonds. The summed E-state index contributed by atoms with van der Waals surface area (Å²) in [4.78, 5) is 13.0. The molecule has 0 unspecified atom stereocenters. The maximum absolute atomic E-state index is 13.0. The van der Waals surface area contributed by atoms with Crippen LogP contribution in [0.3, 0.4) is 0 Å². The van der Waals surface area contributed by atoms with Gasteiger partial charge in [-0.05, 0) is 53.1 Å². The number of tetrazole rings is 1. The number of methoxy groups -OCH3 is 1. The fourth-order valence-electron chi connectivity index (χ4n) is 3.76. The van der Waals surface area contributed by atoms with Crippen LogP contribution in [0, 0.1) is 0 Å². The van der Waals surface area contributed by atoms with Crippen LogP contribution >= 0.6 is 0 Å². The van der Waals surface area contributed by atoms with E-state index in [-0.39, 0.29) is 11.3 Å². The summed E-state index contributed by atoms with van der Waals surface area (Å²) in [5, 5.41) is 14.4. The van der Waals surface area contributed by atoms with Crippen molar-refractivity contribution in [3.8, 4) is 11.4 Å². The lowest BCUT2D eigenvalue weighted by Gasteiger charge is -2.38. The van der Waals surface area contributed by atoms with E-state index in [1.54, 1.807) is 13.2 Å². The summed E-state index contributed by atoms with van der Waals surface area (Å²) in [5.74, 6) is 0.658. The van der Waals surface area contributed by atoms with Gasteiger partial charge in [-0.1, -0.05) is 24.3 Å². The van der Waals surface area contributed by atoms with Crippen molar-refractivity contribution in [2.45, 2.75) is 18.3 Å². The molecule has 1 fully saturated rings. The van der Waals surface area contributed by atoms with Gasteiger partial charge in [0.25, 0.3) is 5.91 Å². The number of amides is 1. The van der Waals surface area contributed by atoms with E-state index in [4.69, 9.17) is 9.47 Å². The Labute approximate surface area is 168 Å². The van der Waals surface area contributed by atoms with Crippen molar-refractivity contribution in [1.82, 2.24) is 25.5 Å². The Morgan fingerprint density at radius 1 is 1.17 bits per heavy atom. The first kappa shape index (κ1) is 19.1. The minimum Gasteiger partial charge on any atom is -0.497 e. The second-order valence-electron chi connectivity index (χ2n) is 7.08. The molecule has 0 saturated carbocycles. The number of nitrogens with zero attached hydrogens (tertiary/aromatic N) is 4. The Morgan fingerprint density at radius 3 is 2.62 bits per heavy atom. The predicted octanol–water partition coefficient (Wildman–Crippen LogP) is 2.15. The van der Waals surface area contributed by atoms with Crippen molar-refractivity contribution in [3.05, 3.63) is 66.0 Å². The fourth-order valence-corrected chi connectivity index (χ4v) is 3.76. The van der Waals surface area contributed by atoms with Crippen LogP contribution in [-0.2, 0) is 10.2 Å². The van der Waals surface area contributed by atoms with Crippen molar-refractivity contribution in [2.24, 2.45) is 0 Å². The van der Waals surface area contributed by atoms with E-state index in [0.29, 0.717) is 31.0 Å². The topological polar surface area (TPSA) is 91.2 Å². The second kappa shape index (κ2) is 8.40. The number of carbonyl (C=O) groups excluding carboxylic acids is 1. The molecular formula is C21H23N5O3. The number of hydrogen-bond donors (Lipinski definition) is 1. The molecule has 1 saturated heterocycles. The lowest BCUT2D eigenvalue weighted by molar-refractivity contribution is 0.0487. The van der Waals surface area contributed by atoms with E-state index in [1.807, 2.05) is 30.3 Å². The van der Waals surface area contributed by atoms with Crippen LogP contribution in [-0.4, -0.2) is 53.0 Å². The van der Waals surface area contributed by atoms with Gasteiger partial charge in [0, 0.05) is 25.2 Å². The van der Waals surface area contributed by atoms with Gasteiger partial charge in [-0.2, -0.15) is 4.68 Å². The van der Waals surface area contributed by atoms with E-state index >= 15 is 0 Å². The molecular weight excluding hydrogens is 370 g/mol. The Balaban J connectivity index is 1.56. The van der Waals surface area contributed by atoms with Crippen molar-refractivity contribution >= 4 is 5.91 Å². The molecule has 2 heterocycles. The minimum atomic E-state index is -0.177. The normalized spacial score (nSPS) is 15.6. The van der Waals surface area contributed by atoms with Gasteiger partial charge in [0.1, 0.15) is 12.1 Å². The summed E-state index contributed by atoms with van der Waals surface area (Å²) in [7, 11) is 1.65. The first-order valence-corrected chi connectivity index (χ1v) is 9.55. The molecule has 1 aliphatic rings. The van der Waals surface area contributed by atoms with E-state index < -0.39 is 0 Å². The number of hydrogen-bond acceptors (Lipinski definition) is 6. The number of carbonyl (C=O) groups is 1. The molecule has 8 heteroatoms. The van der Waals surface area contributed by atoms with Crippen LogP contribution in [0.25, 0.3) is 5.69 Å². The monoisotopic (exact) mass is 393 g/mol. The Morgan fingerprint density at radius 2 is 1.93 bits per heavy atom. The van der Waals surface area contributed by atoms with Gasteiger partial charge in [0.15, 0.2) is 0 Å². The molecule has 29 heavy (non-hydrogen) atoms. The van der Waals surface area contributed by atoms with Gasteiger partial charge in [0.2, 0.25) is 0 Å². The minimum absolute atomic E-state index is 0.157. The van der Waals surface area contributed by atoms with E-state index in [2.05, 4.69) is 33.0 Å². The summed E-state index contributed by atoms with van der Waals surface area (Å²) < 4.78 is 12.4. The average Bonchev–Trinajstić information content (AvgIpc) is 3.33. The van der Waals surface area contributed by atoms with Crippen molar-refractivity contribution < 1.29 is 14.3 Å². The zero-order valence-electron chi connectivity index (χ0n) is 16.2. The van der Waals surface area contributed by atoms with Gasteiger partial charge < -0.3 is 14.8 Å². The quantitative estimate of drug-likeness (QED) is 0.690. The molecule has 0 bridgehead atoms. The predicted molar refractivity (Wildman–Crippen MR) is 106 cm³/mol. The maximum Gasteiger partial charge on any atom is 0.253 e. The number of nitrogens with one attached hydrogen (secondary N) is 1. The highest BCUT2D eigenvalue weighted by Gasteiger charge is 2.35. The van der Waals surface area contributed by atoms with E-state index in [9.17, 15) is 4.79 Å². The molecule has 1 aromatic heterocycles. The molecule has 3 aromatic rings. The summed E-state index contributed by atoms with van der Waals surface area (Å²) in [6.07, 6.45) is 3.16. The van der Waals surface area contributed by atoms with Gasteiger partial charge in [-0.25, -0.2) is 0 Å². The number of ether oxygens (including phenoxy) is 2. The molecule has 150 valence electrons. The zero-order valence-corrected chi connectivity index (χ0v) is 16.2. The largest absolute Gasteiger partial charge is 0.497 e. The molecule has 1 N–H and O–H groups in total. The lowest BCUT2D eigenvalue weighted by Crippen LogP contribution is -2.44. The van der Waals surface area contributed by atoms with Crippen LogP contribution in [0.1, 0.15) is 28.8 Å². The first-order chi connectivity index (χ1) is 14.2. The van der Waals surface area contributed by atoms with Crippen LogP contribution < -0.4 is 10.1 Å². The zero-order chi connectivity index (χ0) is 20.1. The second-order valence-corrected chi connectivity index (χ2v) is 7.08. The average molecular weight is 393 g/mol. The lowest BCUT2D eigenvalue weighted by atomic mass is 9.74. The van der Waals surface area contributed by atoms with Crippen LogP contribution in [0.2, 0.25) is 0 Å². The first-order valence-electron chi connectivity index (χ1n) is 9.55. The summed E-state index contributed by atoms with van der Waals surface area (Å²) in [5.41, 5.74) is 2.16. The molecule has 0 radical (unpaired) electrons. The van der Waals surface area contributed by atoms with Crippen LogP contribution in [0.15, 0.2) is 54.9 Å². The smallest absolute Gasteiger partial charge is 0.253 e. The van der Waals surface area contributed by atoms with Gasteiger partial charge >= 0.3 is 0 Å². The summed E-state index contributed by atoms with van der Waals surface area (Å²) in [6.45, 7) is 1.86. The van der Waals surface area contributed by atoms with Crippen molar-refractivity contribution in [2.75, 3.05) is 26.9 Å². The van der Waals surface area contributed by atoms with Crippen LogP contribution in [0.4, 0.5) is 0 Å². The molecule has 0 atom stereocenters. The molecule has 4 rings (SSSR count). The van der Waals surface area contributed by atoms with Crippen LogP contribution in [0.5, 0.6) is 5.75 Å². The Hall–Kier alpha value is -3.26. The number of para-hydroxylation sites is 1. The standard InChI is InChI=1S/C21H23N5O3/c1-28-17-8-6-16(7-9-17)21(10-12-29-13-11-21)14-22-20(27)18-4-2-3-5-19(18)26-15-23-24-25-26/h2-9,15H,10-14H2,1H3,(H,22,27). The highest BCUT2D eigenvalue weighted by molar-refractivity contribution is 5.97. The molecule has 0 aliphatic carbocycles. The van der Waals surface area contributed by atoms with Gasteiger partial charge in [-0.3, -0.25) is 4.79 Å². The fraction of sp³-hybridized carbons (Fsp3) is 0.333. The Kier molecular flexibility index (Phi) is 5.53. The third-order valence-electron chi connectivity index (χ3n) is 5.48. The molecule has 8 nitrogen and oxygen atoms in total. The summed E-state index contributed by atoms with van der Waals surface area (Å²) >= 11 is 0. The maximum atomic E-state index is 13.0. The molecule has 0 spiro atoms. The number of aromatic nitrogens is 4. The van der Waals surface area contributed by atoms with E-state index in [0.717, 1.165) is 18.6 Å². The van der Waals surface area contributed by atoms with Crippen molar-refractivity contribution in [1.29, 1.82) is 0 Å². The van der Waals surface area contributed by atoms with Gasteiger partial charge in [0.05, 0.1) is 18.4 Å². The number of benzene rings is 2. The Bertz CT molecular complexity index is 951. The highest BCUT2D eigenvalue weighted by atomic mass is 16.5. The van der Waals surface area contributed by atoms with Gasteiger partial charge in [-0.15, -0.1) is 5.10 Å². The number of rotatable bonds is 6. The van der Waals surface area contributed by atoms with E-state index in [1.165, 1.54) is 16.6 Å². The SMILES string of the molecule is COc1ccc(C2(CNC(=O)c3ccccc3-n3cnnn3)CCOCC2)cc1. The third kappa shape index (κ3) is 3.97. The third-order valence-corrected chi connectivity index (χ3v) is 5.48. The highest BCUT2D eigenvalue weighted by Crippen LogP contribution is 2.35.